The third kappa shape index (κ3) is 5.57. The van der Waals surface area contributed by atoms with Gasteiger partial charge in [-0.2, -0.15) is 0 Å². The molecule has 0 saturated heterocycles. The number of carbonyl (C=O) groups is 2. The molecule has 11 heteroatoms. The van der Waals surface area contributed by atoms with E-state index < -0.39 is 39.5 Å². The van der Waals surface area contributed by atoms with E-state index in [-0.39, 0.29) is 27.6 Å². The predicted octanol–water partition coefficient (Wildman–Crippen LogP) is 5.44. The van der Waals surface area contributed by atoms with E-state index in [4.69, 9.17) is 5.11 Å². The van der Waals surface area contributed by atoms with Crippen LogP contribution in [0.2, 0.25) is 0 Å². The highest BCUT2D eigenvalue weighted by Crippen LogP contribution is 2.46. The minimum Gasteiger partial charge on any atom is -0.481 e. The molecule has 2 saturated carbocycles. The lowest BCUT2D eigenvalue weighted by Crippen LogP contribution is -2.46. The van der Waals surface area contributed by atoms with Crippen LogP contribution in [0.5, 0.6) is 0 Å². The number of alkyl halides is 1. The number of nitrogens with one attached hydrogen (secondary N) is 2. The van der Waals surface area contributed by atoms with Crippen LogP contribution in [-0.2, 0) is 14.8 Å². The number of hydrogen-bond acceptors (Lipinski definition) is 6. The SMILES string of the molecule is CC(C)(C)NS(=O)(=O)c1ccc(-c2sc(C(=O)N[C@H]3C[C@H](C(=O)O)C3)nc2C(F)C2CCC2)c2ccccc12. The Morgan fingerprint density at radius 2 is 1.77 bits per heavy atom. The molecule has 3 aromatic rings. The van der Waals surface area contributed by atoms with Gasteiger partial charge >= 0.3 is 5.97 Å². The Morgan fingerprint density at radius 1 is 1.10 bits per heavy atom. The smallest absolute Gasteiger partial charge is 0.306 e. The number of aliphatic carboxylic acids is 1. The topological polar surface area (TPSA) is 125 Å². The number of halogens is 1. The molecule has 1 aromatic heterocycles. The number of fused-ring (bicyclic) bond motifs is 1. The first-order valence-corrected chi connectivity index (χ1v) is 15.4. The van der Waals surface area contributed by atoms with Crippen LogP contribution >= 0.6 is 11.3 Å². The molecule has 208 valence electrons. The summed E-state index contributed by atoms with van der Waals surface area (Å²) in [5, 5.41) is 13.2. The lowest BCUT2D eigenvalue weighted by atomic mass is 9.80. The fourth-order valence-electron chi connectivity index (χ4n) is 5.11. The molecule has 1 atom stereocenters. The number of carboxylic acid groups (broad SMARTS) is 1. The van der Waals surface area contributed by atoms with Crippen LogP contribution in [0.25, 0.3) is 21.2 Å². The minimum absolute atomic E-state index is 0.107. The number of carbonyl (C=O) groups excluding carboxylic acids is 1. The molecule has 1 heterocycles. The second-order valence-electron chi connectivity index (χ2n) is 11.5. The fourth-order valence-corrected chi connectivity index (χ4v) is 7.78. The largest absolute Gasteiger partial charge is 0.481 e. The van der Waals surface area contributed by atoms with E-state index in [1.54, 1.807) is 51.1 Å². The van der Waals surface area contributed by atoms with Gasteiger partial charge in [-0.1, -0.05) is 36.8 Å². The van der Waals surface area contributed by atoms with Crippen molar-refractivity contribution in [1.29, 1.82) is 0 Å². The maximum Gasteiger partial charge on any atom is 0.306 e. The second-order valence-corrected chi connectivity index (χ2v) is 14.2. The van der Waals surface area contributed by atoms with E-state index in [0.717, 1.165) is 30.6 Å². The van der Waals surface area contributed by atoms with Gasteiger partial charge in [0.2, 0.25) is 10.0 Å². The molecule has 0 spiro atoms. The van der Waals surface area contributed by atoms with Crippen LogP contribution in [0.4, 0.5) is 4.39 Å². The molecule has 1 amide bonds. The number of hydrogen-bond donors (Lipinski definition) is 3. The zero-order chi connectivity index (χ0) is 28.1. The third-order valence-corrected chi connectivity index (χ3v) is 10.3. The number of carboxylic acids is 1. The molecule has 0 radical (unpaired) electrons. The summed E-state index contributed by atoms with van der Waals surface area (Å²) in [5.41, 5.74) is 0.129. The normalized spacial score (nSPS) is 20.7. The van der Waals surface area contributed by atoms with Crippen molar-refractivity contribution in [3.05, 3.63) is 47.1 Å². The van der Waals surface area contributed by atoms with Gasteiger partial charge in [0.1, 0.15) is 6.17 Å². The van der Waals surface area contributed by atoms with Gasteiger partial charge in [0, 0.05) is 22.5 Å². The highest BCUT2D eigenvalue weighted by molar-refractivity contribution is 7.89. The molecule has 39 heavy (non-hydrogen) atoms. The van der Waals surface area contributed by atoms with Crippen LogP contribution in [0.3, 0.4) is 0 Å². The predicted molar refractivity (Wildman–Crippen MR) is 148 cm³/mol. The van der Waals surface area contributed by atoms with E-state index >= 15 is 4.39 Å². The van der Waals surface area contributed by atoms with Gasteiger partial charge in [0.15, 0.2) is 5.01 Å². The van der Waals surface area contributed by atoms with Crippen LogP contribution in [0.15, 0.2) is 41.3 Å². The first-order chi connectivity index (χ1) is 18.3. The number of amides is 1. The number of sulfonamides is 1. The highest BCUT2D eigenvalue weighted by atomic mass is 32.2. The van der Waals surface area contributed by atoms with Crippen molar-refractivity contribution in [3.8, 4) is 10.4 Å². The summed E-state index contributed by atoms with van der Waals surface area (Å²) in [4.78, 5) is 29.3. The van der Waals surface area contributed by atoms with Crippen molar-refractivity contribution < 1.29 is 27.5 Å². The summed E-state index contributed by atoms with van der Waals surface area (Å²) in [6.45, 7) is 5.31. The Balaban J connectivity index is 1.56. The third-order valence-electron chi connectivity index (χ3n) is 7.35. The van der Waals surface area contributed by atoms with Crippen molar-refractivity contribution in [2.45, 2.75) is 75.5 Å². The molecule has 5 rings (SSSR count). The number of benzene rings is 2. The van der Waals surface area contributed by atoms with E-state index in [2.05, 4.69) is 15.0 Å². The Labute approximate surface area is 231 Å². The number of rotatable bonds is 8. The van der Waals surface area contributed by atoms with Gasteiger partial charge in [-0.25, -0.2) is 22.5 Å². The monoisotopic (exact) mass is 573 g/mol. The quantitative estimate of drug-likeness (QED) is 0.329. The Kier molecular flexibility index (Phi) is 7.28. The van der Waals surface area contributed by atoms with Gasteiger partial charge in [-0.05, 0) is 63.8 Å². The average Bonchev–Trinajstić information content (AvgIpc) is 3.22. The number of thiazole rings is 1. The summed E-state index contributed by atoms with van der Waals surface area (Å²) < 4.78 is 45.0. The van der Waals surface area contributed by atoms with Gasteiger partial charge in [0.25, 0.3) is 5.91 Å². The minimum atomic E-state index is -3.85. The summed E-state index contributed by atoms with van der Waals surface area (Å²) in [6, 6.07) is 9.98. The maximum atomic E-state index is 15.8. The molecular formula is C28H32FN3O5S2. The second kappa shape index (κ2) is 10.3. The standard InChI is InChI=1S/C28H32FN3O5S2/c1-28(2,3)32-39(36,37)21-12-11-20(18-9-4-5-10-19(18)21)24-23(22(29)15-7-6-8-15)31-26(38-24)25(33)30-17-13-16(14-17)27(34)35/h4-5,9-12,15-17,22,32H,6-8,13-14H2,1-3H3,(H,30,33)(H,34,35)/t16-,17-,22?. The zero-order valence-electron chi connectivity index (χ0n) is 22.0. The van der Waals surface area contributed by atoms with Crippen LogP contribution in [0.1, 0.15) is 74.5 Å². The van der Waals surface area contributed by atoms with Crippen molar-refractivity contribution in [3.63, 3.8) is 0 Å². The van der Waals surface area contributed by atoms with E-state index in [0.29, 0.717) is 34.1 Å². The molecule has 1 unspecified atom stereocenters. The van der Waals surface area contributed by atoms with E-state index in [9.17, 15) is 18.0 Å². The summed E-state index contributed by atoms with van der Waals surface area (Å²) >= 11 is 1.08. The van der Waals surface area contributed by atoms with E-state index in [1.807, 2.05) is 0 Å². The lowest BCUT2D eigenvalue weighted by Gasteiger charge is -2.32. The van der Waals surface area contributed by atoms with Gasteiger partial charge in [-0.3, -0.25) is 9.59 Å². The van der Waals surface area contributed by atoms with Crippen molar-refractivity contribution in [2.75, 3.05) is 0 Å². The molecule has 2 aromatic carbocycles. The average molecular weight is 574 g/mol. The summed E-state index contributed by atoms with van der Waals surface area (Å²) in [6.07, 6.45) is 1.78. The Morgan fingerprint density at radius 3 is 2.36 bits per heavy atom. The number of nitrogens with zero attached hydrogens (tertiary/aromatic N) is 1. The highest BCUT2D eigenvalue weighted by Gasteiger charge is 2.37. The molecule has 2 aliphatic rings. The summed E-state index contributed by atoms with van der Waals surface area (Å²) in [5.74, 6) is -1.98. The van der Waals surface area contributed by atoms with Gasteiger partial charge in [-0.15, -0.1) is 11.3 Å². The summed E-state index contributed by atoms with van der Waals surface area (Å²) in [7, 11) is -3.85. The molecule has 8 nitrogen and oxygen atoms in total. The molecular weight excluding hydrogens is 541 g/mol. The maximum absolute atomic E-state index is 15.8. The molecule has 2 aliphatic carbocycles. The Bertz CT molecular complexity index is 1540. The van der Waals surface area contributed by atoms with Gasteiger partial charge < -0.3 is 10.4 Å². The van der Waals surface area contributed by atoms with Crippen LogP contribution in [-0.4, -0.2) is 42.0 Å². The fraction of sp³-hybridized carbons (Fsp3) is 0.464. The van der Waals surface area contributed by atoms with Crippen LogP contribution < -0.4 is 10.0 Å². The lowest BCUT2D eigenvalue weighted by molar-refractivity contribution is -0.145. The molecule has 0 aliphatic heterocycles. The Hall–Kier alpha value is -2.89. The molecule has 0 bridgehead atoms. The van der Waals surface area contributed by atoms with Gasteiger partial charge in [0.05, 0.1) is 21.4 Å². The number of aromatic nitrogens is 1. The van der Waals surface area contributed by atoms with Crippen molar-refractivity contribution in [2.24, 2.45) is 11.8 Å². The van der Waals surface area contributed by atoms with Crippen LogP contribution in [0, 0.1) is 11.8 Å². The van der Waals surface area contributed by atoms with E-state index in [1.165, 1.54) is 6.07 Å². The van der Waals surface area contributed by atoms with Crippen molar-refractivity contribution >= 4 is 44.0 Å². The molecule has 3 N–H and O–H groups in total. The molecule has 2 fully saturated rings. The van der Waals surface area contributed by atoms with Crippen molar-refractivity contribution in [1.82, 2.24) is 15.0 Å². The first-order valence-electron chi connectivity index (χ1n) is 13.1. The first kappa shape index (κ1) is 27.7. The zero-order valence-corrected chi connectivity index (χ0v) is 23.7.